The van der Waals surface area contributed by atoms with Gasteiger partial charge in [-0.1, -0.05) is 78.2 Å². The van der Waals surface area contributed by atoms with Gasteiger partial charge < -0.3 is 9.26 Å². The third-order valence-corrected chi connectivity index (χ3v) is 7.16. The van der Waals surface area contributed by atoms with E-state index in [0.29, 0.717) is 6.42 Å². The Balaban J connectivity index is 1.69. The molecule has 32 heavy (non-hydrogen) atoms. The lowest BCUT2D eigenvalue weighted by Gasteiger charge is -2.37. The smallest absolute Gasteiger partial charge is 0.487 e. The van der Waals surface area contributed by atoms with Gasteiger partial charge in [-0.15, -0.1) is 0 Å². The molecule has 0 aromatic carbocycles. The standard InChI is InChI=1S/C26H45O5P/c1-21(2)11-8-6-5-7-9-12-22(3)13-10-19-26(4)20-18-23-14-15-24(31-32(27,28)29)16-17-25(23)30-26/h14,16-17,21-22H,5-13,15,18-20H2,1-4H3,(H2,27,28,29). The Morgan fingerprint density at radius 2 is 1.69 bits per heavy atom. The molecule has 5 nitrogen and oxygen atoms in total. The van der Waals surface area contributed by atoms with E-state index in [1.54, 1.807) is 12.2 Å². The summed E-state index contributed by atoms with van der Waals surface area (Å²) in [5.74, 6) is 2.68. The van der Waals surface area contributed by atoms with Crippen LogP contribution in [0.4, 0.5) is 0 Å². The van der Waals surface area contributed by atoms with Gasteiger partial charge in [-0.3, -0.25) is 9.79 Å². The molecule has 0 radical (unpaired) electrons. The van der Waals surface area contributed by atoms with Crippen LogP contribution in [0.2, 0.25) is 0 Å². The van der Waals surface area contributed by atoms with Crippen molar-refractivity contribution < 1.29 is 23.6 Å². The van der Waals surface area contributed by atoms with Crippen LogP contribution in [-0.4, -0.2) is 15.4 Å². The fourth-order valence-electron chi connectivity index (χ4n) is 4.65. The highest BCUT2D eigenvalue weighted by Crippen LogP contribution is 2.43. The van der Waals surface area contributed by atoms with Crippen LogP contribution in [0.5, 0.6) is 0 Å². The van der Waals surface area contributed by atoms with Crippen molar-refractivity contribution in [2.24, 2.45) is 11.8 Å². The normalized spacial score (nSPS) is 22.3. The summed E-state index contributed by atoms with van der Waals surface area (Å²) in [6, 6.07) is 0. The van der Waals surface area contributed by atoms with Crippen molar-refractivity contribution in [3.8, 4) is 0 Å². The van der Waals surface area contributed by atoms with Crippen molar-refractivity contribution >= 4 is 7.82 Å². The third kappa shape index (κ3) is 10.7. The zero-order chi connectivity index (χ0) is 23.6. The van der Waals surface area contributed by atoms with Crippen LogP contribution in [0, 0.1) is 11.8 Å². The van der Waals surface area contributed by atoms with Crippen molar-refractivity contribution in [2.45, 2.75) is 117 Å². The molecule has 2 N–H and O–H groups in total. The number of phosphoric ester groups is 1. The van der Waals surface area contributed by atoms with Crippen molar-refractivity contribution in [3.05, 3.63) is 35.3 Å². The highest BCUT2D eigenvalue weighted by Gasteiger charge is 2.33. The van der Waals surface area contributed by atoms with Crippen molar-refractivity contribution in [3.63, 3.8) is 0 Å². The molecule has 1 aliphatic heterocycles. The Bertz CT molecular complexity index is 718. The van der Waals surface area contributed by atoms with Gasteiger partial charge >= 0.3 is 7.82 Å². The Kier molecular flexibility index (Phi) is 11.1. The summed E-state index contributed by atoms with van der Waals surface area (Å²) in [6.45, 7) is 9.18. The van der Waals surface area contributed by atoms with Gasteiger partial charge in [0.05, 0.1) is 0 Å². The SMILES string of the molecule is CC(C)CCCCCCCC(C)CCCC1(C)CCC2=CCC(OP(=O)(O)O)=CC=C2O1. The lowest BCUT2D eigenvalue weighted by atomic mass is 9.86. The highest BCUT2D eigenvalue weighted by atomic mass is 31.2. The molecule has 0 aromatic rings. The third-order valence-electron chi connectivity index (χ3n) is 6.68. The minimum Gasteiger partial charge on any atom is -0.487 e. The van der Waals surface area contributed by atoms with Crippen molar-refractivity contribution in [2.75, 3.05) is 0 Å². The van der Waals surface area contributed by atoms with Gasteiger partial charge in [0.15, 0.2) is 0 Å². The molecule has 0 bridgehead atoms. The summed E-state index contributed by atoms with van der Waals surface area (Å²) < 4.78 is 22.2. The Morgan fingerprint density at radius 3 is 2.38 bits per heavy atom. The highest BCUT2D eigenvalue weighted by molar-refractivity contribution is 7.46. The average molecular weight is 469 g/mol. The van der Waals surface area contributed by atoms with Gasteiger partial charge in [-0.25, -0.2) is 4.57 Å². The van der Waals surface area contributed by atoms with E-state index in [2.05, 4.69) is 27.7 Å². The first-order chi connectivity index (χ1) is 15.1. The number of rotatable bonds is 14. The quantitative estimate of drug-likeness (QED) is 0.200. The molecule has 2 atom stereocenters. The first kappa shape index (κ1) is 27.2. The summed E-state index contributed by atoms with van der Waals surface area (Å²) in [6.07, 6.45) is 20.6. The maximum absolute atomic E-state index is 11.1. The number of ether oxygens (including phenoxy) is 1. The molecule has 0 saturated carbocycles. The molecule has 6 heteroatoms. The summed E-state index contributed by atoms with van der Waals surface area (Å²) in [4.78, 5) is 18.1. The van der Waals surface area contributed by atoms with Crippen molar-refractivity contribution in [1.29, 1.82) is 0 Å². The van der Waals surface area contributed by atoms with Crippen molar-refractivity contribution in [1.82, 2.24) is 0 Å². The van der Waals surface area contributed by atoms with Crippen LogP contribution in [0.1, 0.15) is 111 Å². The number of hydrogen-bond donors (Lipinski definition) is 2. The molecule has 1 heterocycles. The predicted octanol–water partition coefficient (Wildman–Crippen LogP) is 7.96. The number of unbranched alkanes of at least 4 members (excludes halogenated alkanes) is 4. The Hall–Kier alpha value is -1.03. The van der Waals surface area contributed by atoms with Crippen LogP contribution in [0.3, 0.4) is 0 Å². The van der Waals surface area contributed by atoms with E-state index < -0.39 is 7.82 Å². The molecule has 0 aromatic heterocycles. The second-order valence-electron chi connectivity index (χ2n) is 10.5. The van der Waals surface area contributed by atoms with Gasteiger partial charge in [-0.2, -0.15) is 0 Å². The largest absolute Gasteiger partial charge is 0.524 e. The second-order valence-corrected chi connectivity index (χ2v) is 11.6. The maximum atomic E-state index is 11.1. The molecule has 2 aliphatic rings. The lowest BCUT2D eigenvalue weighted by molar-refractivity contribution is -0.0105. The van der Waals surface area contributed by atoms with E-state index in [1.807, 2.05) is 6.08 Å². The fraction of sp³-hybridized carbons (Fsp3) is 0.769. The lowest BCUT2D eigenvalue weighted by Crippen LogP contribution is -2.32. The van der Waals surface area contributed by atoms with Crippen LogP contribution in [0.25, 0.3) is 0 Å². The monoisotopic (exact) mass is 468 g/mol. The van der Waals surface area contributed by atoms with Crippen LogP contribution in [0.15, 0.2) is 35.3 Å². The van der Waals surface area contributed by atoms with E-state index in [-0.39, 0.29) is 11.4 Å². The molecule has 0 amide bonds. The summed E-state index contributed by atoms with van der Waals surface area (Å²) in [5, 5.41) is 0. The minimum atomic E-state index is -4.53. The van der Waals surface area contributed by atoms with E-state index in [4.69, 9.17) is 19.0 Å². The van der Waals surface area contributed by atoms with Crippen LogP contribution < -0.4 is 0 Å². The molecular weight excluding hydrogens is 423 g/mol. The van der Waals surface area contributed by atoms with Crippen LogP contribution >= 0.6 is 7.82 Å². The second kappa shape index (κ2) is 13.0. The Labute approximate surface area is 195 Å². The average Bonchev–Trinajstić information content (AvgIpc) is 2.87. The van der Waals surface area contributed by atoms with E-state index in [0.717, 1.165) is 42.4 Å². The molecule has 0 spiro atoms. The zero-order valence-corrected chi connectivity index (χ0v) is 21.5. The number of phosphoric acid groups is 1. The molecule has 1 aliphatic carbocycles. The minimum absolute atomic E-state index is 0.179. The fourth-order valence-corrected chi connectivity index (χ4v) is 5.09. The van der Waals surface area contributed by atoms with Gasteiger partial charge in [0.25, 0.3) is 0 Å². The van der Waals surface area contributed by atoms with E-state index in [9.17, 15) is 4.57 Å². The topological polar surface area (TPSA) is 76.0 Å². The molecular formula is C26H45O5P. The maximum Gasteiger partial charge on any atom is 0.524 e. The molecule has 184 valence electrons. The first-order valence-corrected chi connectivity index (χ1v) is 14.1. The predicted molar refractivity (Wildman–Crippen MR) is 131 cm³/mol. The number of allylic oxidation sites excluding steroid dienone is 4. The van der Waals surface area contributed by atoms with Gasteiger partial charge in [0.1, 0.15) is 17.1 Å². The molecule has 2 unspecified atom stereocenters. The van der Waals surface area contributed by atoms with Gasteiger partial charge in [0.2, 0.25) is 0 Å². The molecule has 1 fully saturated rings. The van der Waals surface area contributed by atoms with Crippen LogP contribution in [-0.2, 0) is 13.8 Å². The summed E-state index contributed by atoms with van der Waals surface area (Å²) in [7, 11) is -4.53. The van der Waals surface area contributed by atoms with E-state index >= 15 is 0 Å². The van der Waals surface area contributed by atoms with E-state index in [1.165, 1.54) is 57.8 Å². The molecule has 2 rings (SSSR count). The zero-order valence-electron chi connectivity index (χ0n) is 20.6. The summed E-state index contributed by atoms with van der Waals surface area (Å²) in [5.41, 5.74) is 0.923. The van der Waals surface area contributed by atoms with Gasteiger partial charge in [0, 0.05) is 6.42 Å². The van der Waals surface area contributed by atoms with Gasteiger partial charge in [-0.05, 0) is 62.2 Å². The number of fused-ring (bicyclic) bond motifs is 1. The number of hydrogen-bond acceptors (Lipinski definition) is 3. The Morgan fingerprint density at radius 1 is 1.03 bits per heavy atom. The molecule has 1 saturated heterocycles. The first-order valence-electron chi connectivity index (χ1n) is 12.6. The summed E-state index contributed by atoms with van der Waals surface area (Å²) >= 11 is 0.